The number of ether oxygens (including phenoxy) is 3. The van der Waals surface area contributed by atoms with Gasteiger partial charge in [0.05, 0.1) is 12.8 Å². The summed E-state index contributed by atoms with van der Waals surface area (Å²) in [6, 6.07) is 9.53. The molecule has 0 amide bonds. The van der Waals surface area contributed by atoms with E-state index in [-0.39, 0.29) is 12.3 Å². The molecule has 0 bridgehead atoms. The SMILES string of the molecule is COC(=O)C(C)Oc1cc(Cl)ccc1COc1ccc(-n2nc3c(c2Cl)CCCC3)c(F)c1. The normalized spacial score (nSPS) is 13.8. The Morgan fingerprint density at radius 3 is 2.70 bits per heavy atom. The molecule has 2 aromatic carbocycles. The Morgan fingerprint density at radius 2 is 1.97 bits per heavy atom. The molecule has 0 N–H and O–H groups in total. The van der Waals surface area contributed by atoms with Gasteiger partial charge in [-0.05, 0) is 56.9 Å². The van der Waals surface area contributed by atoms with E-state index in [0.717, 1.165) is 36.9 Å². The molecule has 0 fully saturated rings. The minimum absolute atomic E-state index is 0.0794. The molecule has 1 aromatic heterocycles. The summed E-state index contributed by atoms with van der Waals surface area (Å²) >= 11 is 12.6. The van der Waals surface area contributed by atoms with Gasteiger partial charge in [-0.1, -0.05) is 29.3 Å². The quantitative estimate of drug-likeness (QED) is 0.395. The second-order valence-corrected chi connectivity index (χ2v) is 8.57. The van der Waals surface area contributed by atoms with E-state index in [0.29, 0.717) is 27.2 Å². The summed E-state index contributed by atoms with van der Waals surface area (Å²) in [5, 5.41) is 5.41. The zero-order chi connectivity index (χ0) is 23.5. The van der Waals surface area contributed by atoms with Gasteiger partial charge >= 0.3 is 5.97 Å². The van der Waals surface area contributed by atoms with Gasteiger partial charge in [0.15, 0.2) is 11.9 Å². The Hall–Kier alpha value is -2.77. The first-order valence-corrected chi connectivity index (χ1v) is 11.3. The molecule has 1 aliphatic carbocycles. The zero-order valence-electron chi connectivity index (χ0n) is 18.2. The predicted octanol–water partition coefficient (Wildman–Crippen LogP) is 5.72. The van der Waals surface area contributed by atoms with Crippen LogP contribution in [0.4, 0.5) is 4.39 Å². The van der Waals surface area contributed by atoms with E-state index in [1.807, 2.05) is 0 Å². The van der Waals surface area contributed by atoms with Crippen LogP contribution in [0.15, 0.2) is 36.4 Å². The first kappa shape index (κ1) is 23.4. The number of hydrogen-bond acceptors (Lipinski definition) is 5. The number of esters is 1. The summed E-state index contributed by atoms with van der Waals surface area (Å²) in [4.78, 5) is 11.7. The second-order valence-electron chi connectivity index (χ2n) is 7.77. The first-order chi connectivity index (χ1) is 15.9. The molecule has 9 heteroatoms. The molecule has 6 nitrogen and oxygen atoms in total. The summed E-state index contributed by atoms with van der Waals surface area (Å²) in [5.41, 5.74) is 2.84. The van der Waals surface area contributed by atoms with Crippen LogP contribution in [0, 0.1) is 5.82 Å². The van der Waals surface area contributed by atoms with Crippen molar-refractivity contribution in [1.82, 2.24) is 9.78 Å². The van der Waals surface area contributed by atoms with Crippen LogP contribution in [-0.2, 0) is 29.0 Å². The van der Waals surface area contributed by atoms with E-state index in [1.165, 1.54) is 17.9 Å². The average molecular weight is 493 g/mol. The van der Waals surface area contributed by atoms with Crippen molar-refractivity contribution in [3.8, 4) is 17.2 Å². The third kappa shape index (κ3) is 5.09. The van der Waals surface area contributed by atoms with Crippen LogP contribution in [0.25, 0.3) is 5.69 Å². The molecule has 1 unspecified atom stereocenters. The zero-order valence-corrected chi connectivity index (χ0v) is 19.8. The number of nitrogens with zero attached hydrogens (tertiary/aromatic N) is 2. The number of methoxy groups -OCH3 is 1. The van der Waals surface area contributed by atoms with Gasteiger partial charge < -0.3 is 14.2 Å². The summed E-state index contributed by atoms with van der Waals surface area (Å²) in [7, 11) is 1.29. The lowest BCUT2D eigenvalue weighted by Gasteiger charge is -2.17. The molecular formula is C24H23Cl2FN2O4. The fourth-order valence-electron chi connectivity index (χ4n) is 3.75. The number of benzene rings is 2. The molecule has 0 aliphatic heterocycles. The Labute approximate surface area is 201 Å². The molecule has 174 valence electrons. The van der Waals surface area contributed by atoms with E-state index >= 15 is 0 Å². The lowest BCUT2D eigenvalue weighted by atomic mass is 9.99. The van der Waals surface area contributed by atoms with E-state index in [9.17, 15) is 9.18 Å². The molecule has 1 atom stereocenters. The smallest absolute Gasteiger partial charge is 0.346 e. The van der Waals surface area contributed by atoms with E-state index in [4.69, 9.17) is 37.4 Å². The Balaban J connectivity index is 1.51. The van der Waals surface area contributed by atoms with Gasteiger partial charge in [-0.15, -0.1) is 0 Å². The molecule has 4 rings (SSSR count). The lowest BCUT2D eigenvalue weighted by molar-refractivity contribution is -0.147. The first-order valence-electron chi connectivity index (χ1n) is 10.6. The molecule has 0 radical (unpaired) electrons. The summed E-state index contributed by atoms with van der Waals surface area (Å²) in [6.45, 7) is 1.65. The van der Waals surface area contributed by atoms with Crippen molar-refractivity contribution in [2.75, 3.05) is 7.11 Å². The van der Waals surface area contributed by atoms with Gasteiger partial charge in [0, 0.05) is 22.2 Å². The van der Waals surface area contributed by atoms with Gasteiger partial charge in [-0.3, -0.25) is 0 Å². The number of carbonyl (C=O) groups is 1. The second kappa shape index (κ2) is 10.0. The lowest BCUT2D eigenvalue weighted by Crippen LogP contribution is -2.25. The van der Waals surface area contributed by atoms with Crippen LogP contribution in [-0.4, -0.2) is 29.0 Å². The number of halogens is 3. The number of aromatic nitrogens is 2. The van der Waals surface area contributed by atoms with E-state index < -0.39 is 17.9 Å². The van der Waals surface area contributed by atoms with Gasteiger partial charge in [-0.25, -0.2) is 13.9 Å². The Morgan fingerprint density at radius 1 is 1.18 bits per heavy atom. The minimum atomic E-state index is -0.825. The molecule has 33 heavy (non-hydrogen) atoms. The van der Waals surface area contributed by atoms with Crippen molar-refractivity contribution in [1.29, 1.82) is 0 Å². The number of carbonyl (C=O) groups excluding carboxylic acids is 1. The largest absolute Gasteiger partial charge is 0.489 e. The number of hydrogen-bond donors (Lipinski definition) is 0. The van der Waals surface area contributed by atoms with Crippen LogP contribution in [0.1, 0.15) is 36.6 Å². The standard InChI is InChI=1S/C24H23Cl2FN2O4/c1-14(24(30)31-2)33-22-11-16(25)8-7-15(22)13-32-17-9-10-21(19(27)12-17)29-23(26)18-5-3-4-6-20(18)28-29/h7-12,14H,3-6,13H2,1-2H3. The van der Waals surface area contributed by atoms with Crippen LogP contribution < -0.4 is 9.47 Å². The van der Waals surface area contributed by atoms with Gasteiger partial charge in [0.1, 0.15) is 28.9 Å². The number of fused-ring (bicyclic) bond motifs is 1. The van der Waals surface area contributed by atoms with Crippen molar-refractivity contribution >= 4 is 29.2 Å². The third-order valence-corrected chi connectivity index (χ3v) is 6.13. The third-order valence-electron chi connectivity index (χ3n) is 5.50. The Bertz CT molecular complexity index is 1180. The fourth-order valence-corrected chi connectivity index (χ4v) is 4.24. The molecule has 0 saturated carbocycles. The number of rotatable bonds is 7. The topological polar surface area (TPSA) is 62.6 Å². The van der Waals surface area contributed by atoms with Crippen molar-refractivity contribution in [2.24, 2.45) is 0 Å². The van der Waals surface area contributed by atoms with Crippen LogP contribution in [0.5, 0.6) is 11.5 Å². The van der Waals surface area contributed by atoms with Gasteiger partial charge in [-0.2, -0.15) is 5.10 Å². The van der Waals surface area contributed by atoms with Crippen LogP contribution >= 0.6 is 23.2 Å². The predicted molar refractivity (Wildman–Crippen MR) is 123 cm³/mol. The van der Waals surface area contributed by atoms with Gasteiger partial charge in [0.25, 0.3) is 0 Å². The molecule has 3 aromatic rings. The van der Waals surface area contributed by atoms with E-state index in [1.54, 1.807) is 37.3 Å². The highest BCUT2D eigenvalue weighted by Gasteiger charge is 2.22. The van der Waals surface area contributed by atoms with E-state index in [2.05, 4.69) is 5.10 Å². The monoisotopic (exact) mass is 492 g/mol. The molecule has 0 spiro atoms. The average Bonchev–Trinajstić information content (AvgIpc) is 3.14. The maximum absolute atomic E-state index is 14.9. The maximum Gasteiger partial charge on any atom is 0.346 e. The maximum atomic E-state index is 14.9. The molecule has 1 heterocycles. The van der Waals surface area contributed by atoms with Crippen LogP contribution in [0.2, 0.25) is 10.2 Å². The van der Waals surface area contributed by atoms with Crippen molar-refractivity contribution in [3.63, 3.8) is 0 Å². The molecular weight excluding hydrogens is 470 g/mol. The number of aryl methyl sites for hydroxylation is 1. The van der Waals surface area contributed by atoms with Crippen LogP contribution in [0.3, 0.4) is 0 Å². The van der Waals surface area contributed by atoms with Crippen molar-refractivity contribution in [2.45, 2.75) is 45.3 Å². The highest BCUT2D eigenvalue weighted by Crippen LogP contribution is 2.32. The minimum Gasteiger partial charge on any atom is -0.489 e. The Kier molecular flexibility index (Phi) is 7.10. The molecule has 0 saturated heterocycles. The van der Waals surface area contributed by atoms with Crippen molar-refractivity contribution < 1.29 is 23.4 Å². The highest BCUT2D eigenvalue weighted by molar-refractivity contribution is 6.31. The summed E-state index contributed by atoms with van der Waals surface area (Å²) in [6.07, 6.45) is 3.00. The summed E-state index contributed by atoms with van der Waals surface area (Å²) in [5.74, 6) is -0.308. The van der Waals surface area contributed by atoms with Crippen molar-refractivity contribution in [3.05, 3.63) is 69.2 Å². The highest BCUT2D eigenvalue weighted by atomic mass is 35.5. The van der Waals surface area contributed by atoms with Gasteiger partial charge in [0.2, 0.25) is 0 Å². The fraction of sp³-hybridized carbons (Fsp3) is 0.333. The molecule has 1 aliphatic rings. The summed E-state index contributed by atoms with van der Waals surface area (Å²) < 4.78 is 32.6.